The molecule has 0 heterocycles. The molecule has 0 spiro atoms. The van der Waals surface area contributed by atoms with E-state index in [0.29, 0.717) is 17.6 Å². The molecule has 0 aromatic rings. The first-order valence-electron chi connectivity index (χ1n) is 4.24. The Morgan fingerprint density at radius 3 is 2.09 bits per heavy atom. The predicted octanol–water partition coefficient (Wildman–Crippen LogP) is 2.57. The van der Waals surface area contributed by atoms with Crippen LogP contribution < -0.4 is 0 Å². The minimum atomic E-state index is 0.348. The summed E-state index contributed by atoms with van der Waals surface area (Å²) in [5.74, 6) is 1.47. The zero-order valence-electron chi connectivity index (χ0n) is 7.77. The normalized spacial score (nSPS) is 25.5. The molecule has 0 aromatic carbocycles. The minimum Gasteiger partial charge on any atom is -0.295 e. The van der Waals surface area contributed by atoms with Crippen molar-refractivity contribution in [2.24, 2.45) is 11.8 Å². The SMILES string of the molecule is CC1=C(C)C(C(C)C)CC1=O. The molecule has 1 nitrogen and oxygen atoms in total. The summed E-state index contributed by atoms with van der Waals surface area (Å²) in [6, 6.07) is 0. The van der Waals surface area contributed by atoms with Crippen LogP contribution in [0, 0.1) is 11.8 Å². The van der Waals surface area contributed by atoms with E-state index in [-0.39, 0.29) is 0 Å². The summed E-state index contributed by atoms with van der Waals surface area (Å²) < 4.78 is 0. The van der Waals surface area contributed by atoms with Crippen LogP contribution >= 0.6 is 0 Å². The number of hydrogen-bond acceptors (Lipinski definition) is 1. The zero-order valence-corrected chi connectivity index (χ0v) is 7.77. The fraction of sp³-hybridized carbons (Fsp3) is 0.700. The third-order valence-corrected chi connectivity index (χ3v) is 2.78. The Morgan fingerprint density at radius 2 is 1.91 bits per heavy atom. The maximum Gasteiger partial charge on any atom is 0.159 e. The summed E-state index contributed by atoms with van der Waals surface area (Å²) in [7, 11) is 0. The van der Waals surface area contributed by atoms with Crippen LogP contribution in [0.25, 0.3) is 0 Å². The van der Waals surface area contributed by atoms with Gasteiger partial charge in [-0.15, -0.1) is 0 Å². The van der Waals surface area contributed by atoms with Gasteiger partial charge in [0.2, 0.25) is 0 Å². The average Bonchev–Trinajstić information content (AvgIpc) is 2.17. The second kappa shape index (κ2) is 2.80. The lowest BCUT2D eigenvalue weighted by atomic mass is 9.90. The minimum absolute atomic E-state index is 0.348. The Balaban J connectivity index is 2.86. The summed E-state index contributed by atoms with van der Waals surface area (Å²) >= 11 is 0. The molecule has 1 rings (SSSR count). The zero-order chi connectivity index (χ0) is 8.59. The first-order chi connectivity index (χ1) is 5.04. The molecule has 0 saturated heterocycles. The van der Waals surface area contributed by atoms with Crippen molar-refractivity contribution in [3.05, 3.63) is 11.1 Å². The molecule has 1 atom stereocenters. The van der Waals surface area contributed by atoms with Crippen LogP contribution in [0.5, 0.6) is 0 Å². The second-order valence-corrected chi connectivity index (χ2v) is 3.79. The van der Waals surface area contributed by atoms with Gasteiger partial charge in [-0.05, 0) is 31.3 Å². The summed E-state index contributed by atoms with van der Waals surface area (Å²) in [6.45, 7) is 8.39. The maximum absolute atomic E-state index is 11.2. The van der Waals surface area contributed by atoms with Gasteiger partial charge in [-0.1, -0.05) is 19.4 Å². The maximum atomic E-state index is 11.2. The molecule has 1 aliphatic rings. The van der Waals surface area contributed by atoms with E-state index < -0.39 is 0 Å². The lowest BCUT2D eigenvalue weighted by Gasteiger charge is -2.14. The highest BCUT2D eigenvalue weighted by molar-refractivity contribution is 5.98. The fourth-order valence-electron chi connectivity index (χ4n) is 1.74. The van der Waals surface area contributed by atoms with E-state index in [1.807, 2.05) is 6.92 Å². The molecule has 62 valence electrons. The fourth-order valence-corrected chi connectivity index (χ4v) is 1.74. The molecule has 1 unspecified atom stereocenters. The molecule has 0 bridgehead atoms. The van der Waals surface area contributed by atoms with Gasteiger partial charge in [0.15, 0.2) is 5.78 Å². The number of carbonyl (C=O) groups is 1. The summed E-state index contributed by atoms with van der Waals surface area (Å²) in [4.78, 5) is 11.2. The van der Waals surface area contributed by atoms with Gasteiger partial charge in [0.05, 0.1) is 0 Å². The third-order valence-electron chi connectivity index (χ3n) is 2.78. The van der Waals surface area contributed by atoms with Crippen molar-refractivity contribution in [2.75, 3.05) is 0 Å². The van der Waals surface area contributed by atoms with Gasteiger partial charge >= 0.3 is 0 Å². The number of ketones is 1. The van der Waals surface area contributed by atoms with Crippen LogP contribution in [0.3, 0.4) is 0 Å². The third kappa shape index (κ3) is 1.37. The van der Waals surface area contributed by atoms with Gasteiger partial charge in [0.25, 0.3) is 0 Å². The Kier molecular flexibility index (Phi) is 2.17. The standard InChI is InChI=1S/C10H16O/c1-6(2)9-5-10(11)8(4)7(9)3/h6,9H,5H2,1-4H3. The molecule has 0 saturated carbocycles. The van der Waals surface area contributed by atoms with Crippen molar-refractivity contribution >= 4 is 5.78 Å². The summed E-state index contributed by atoms with van der Waals surface area (Å²) in [5.41, 5.74) is 2.31. The molecular weight excluding hydrogens is 136 g/mol. The van der Waals surface area contributed by atoms with Gasteiger partial charge in [-0.25, -0.2) is 0 Å². The Labute approximate surface area is 68.5 Å². The summed E-state index contributed by atoms with van der Waals surface area (Å²) in [5, 5.41) is 0. The molecule has 1 aliphatic carbocycles. The van der Waals surface area contributed by atoms with Crippen LogP contribution in [0.15, 0.2) is 11.1 Å². The topological polar surface area (TPSA) is 17.1 Å². The first kappa shape index (κ1) is 8.51. The molecule has 1 heteroatoms. The molecule has 0 radical (unpaired) electrons. The molecule has 11 heavy (non-hydrogen) atoms. The van der Waals surface area contributed by atoms with Crippen LogP contribution in [0.1, 0.15) is 34.1 Å². The molecule has 0 aliphatic heterocycles. The second-order valence-electron chi connectivity index (χ2n) is 3.79. The van der Waals surface area contributed by atoms with Crippen LogP contribution in [-0.4, -0.2) is 5.78 Å². The van der Waals surface area contributed by atoms with E-state index in [4.69, 9.17) is 0 Å². The Bertz CT molecular complexity index is 211. The van der Waals surface area contributed by atoms with Crippen molar-refractivity contribution < 1.29 is 4.79 Å². The van der Waals surface area contributed by atoms with E-state index in [1.54, 1.807) is 0 Å². The van der Waals surface area contributed by atoms with E-state index in [9.17, 15) is 4.79 Å². The van der Waals surface area contributed by atoms with Crippen LogP contribution in [-0.2, 0) is 4.79 Å². The van der Waals surface area contributed by atoms with E-state index in [1.165, 1.54) is 5.57 Å². The summed E-state index contributed by atoms with van der Waals surface area (Å²) in [6.07, 6.45) is 0.745. The van der Waals surface area contributed by atoms with E-state index in [0.717, 1.165) is 12.0 Å². The highest BCUT2D eigenvalue weighted by Crippen LogP contribution is 2.33. The number of allylic oxidation sites excluding steroid dienone is 2. The highest BCUT2D eigenvalue weighted by atomic mass is 16.1. The Morgan fingerprint density at radius 1 is 1.36 bits per heavy atom. The lowest BCUT2D eigenvalue weighted by Crippen LogP contribution is -2.07. The average molecular weight is 152 g/mol. The first-order valence-corrected chi connectivity index (χ1v) is 4.24. The number of carbonyl (C=O) groups excluding carboxylic acids is 1. The van der Waals surface area contributed by atoms with Crippen molar-refractivity contribution in [1.82, 2.24) is 0 Å². The van der Waals surface area contributed by atoms with Gasteiger partial charge in [-0.2, -0.15) is 0 Å². The van der Waals surface area contributed by atoms with E-state index >= 15 is 0 Å². The monoisotopic (exact) mass is 152 g/mol. The molecule has 0 N–H and O–H groups in total. The number of Topliss-reactive ketones (excluding diaryl/α,β-unsaturated/α-hetero) is 1. The van der Waals surface area contributed by atoms with Gasteiger partial charge in [0.1, 0.15) is 0 Å². The Hall–Kier alpha value is -0.590. The molecule has 0 fully saturated rings. The van der Waals surface area contributed by atoms with Gasteiger partial charge in [0, 0.05) is 6.42 Å². The van der Waals surface area contributed by atoms with E-state index in [2.05, 4.69) is 20.8 Å². The van der Waals surface area contributed by atoms with Crippen molar-refractivity contribution in [3.63, 3.8) is 0 Å². The highest BCUT2D eigenvalue weighted by Gasteiger charge is 2.28. The number of rotatable bonds is 1. The van der Waals surface area contributed by atoms with Crippen molar-refractivity contribution in [2.45, 2.75) is 34.1 Å². The molecule has 0 aromatic heterocycles. The van der Waals surface area contributed by atoms with Gasteiger partial charge in [-0.3, -0.25) is 4.79 Å². The van der Waals surface area contributed by atoms with Crippen molar-refractivity contribution in [1.29, 1.82) is 0 Å². The molecule has 0 amide bonds. The largest absolute Gasteiger partial charge is 0.295 e. The quantitative estimate of drug-likeness (QED) is 0.564. The van der Waals surface area contributed by atoms with Crippen LogP contribution in [0.2, 0.25) is 0 Å². The smallest absolute Gasteiger partial charge is 0.159 e. The predicted molar refractivity (Wildman–Crippen MR) is 46.3 cm³/mol. The molecular formula is C10H16O. The van der Waals surface area contributed by atoms with Gasteiger partial charge < -0.3 is 0 Å². The van der Waals surface area contributed by atoms with Crippen LogP contribution in [0.4, 0.5) is 0 Å². The number of hydrogen-bond donors (Lipinski definition) is 0. The van der Waals surface area contributed by atoms with Crippen molar-refractivity contribution in [3.8, 4) is 0 Å². The lowest BCUT2D eigenvalue weighted by molar-refractivity contribution is -0.115.